The Hall–Kier alpha value is -1.88. The molecule has 1 unspecified atom stereocenters. The molecule has 1 atom stereocenters. The highest BCUT2D eigenvalue weighted by Crippen LogP contribution is 2.22. The molecule has 1 fully saturated rings. The van der Waals surface area contributed by atoms with Gasteiger partial charge in [-0.15, -0.1) is 0 Å². The molecule has 1 aliphatic heterocycles. The van der Waals surface area contributed by atoms with Crippen molar-refractivity contribution in [2.45, 2.75) is 25.9 Å². The fourth-order valence-corrected chi connectivity index (χ4v) is 2.34. The number of aliphatic hydroxyl groups is 1. The van der Waals surface area contributed by atoms with E-state index in [1.807, 2.05) is 24.0 Å². The summed E-state index contributed by atoms with van der Waals surface area (Å²) >= 11 is 0. The van der Waals surface area contributed by atoms with Crippen LogP contribution in [0.1, 0.15) is 18.6 Å². The molecular weight excluding hydrogens is 242 g/mol. The molecule has 5 nitrogen and oxygen atoms in total. The predicted octanol–water partition coefficient (Wildman–Crippen LogP) is 2.01. The standard InChI is InChI=1S/C14H17N3O2/c1-10-4-5-13(19-10)11-7-15-14(16-8-11)17-6-2-3-12(18)9-17/h4-5,7-8,12,18H,2-3,6,9H2,1H3. The smallest absolute Gasteiger partial charge is 0.225 e. The van der Waals surface area contributed by atoms with E-state index in [2.05, 4.69) is 9.97 Å². The van der Waals surface area contributed by atoms with E-state index in [0.29, 0.717) is 12.5 Å². The molecule has 0 amide bonds. The molecule has 0 saturated carbocycles. The molecule has 5 heteroatoms. The van der Waals surface area contributed by atoms with Gasteiger partial charge in [0.2, 0.25) is 5.95 Å². The Kier molecular flexibility index (Phi) is 3.21. The first-order chi connectivity index (χ1) is 9.22. The monoisotopic (exact) mass is 259 g/mol. The van der Waals surface area contributed by atoms with Crippen molar-refractivity contribution >= 4 is 5.95 Å². The van der Waals surface area contributed by atoms with Gasteiger partial charge in [-0.1, -0.05) is 0 Å². The van der Waals surface area contributed by atoms with E-state index in [1.165, 1.54) is 0 Å². The lowest BCUT2D eigenvalue weighted by atomic mass is 10.1. The number of nitrogens with zero attached hydrogens (tertiary/aromatic N) is 3. The molecule has 1 saturated heterocycles. The van der Waals surface area contributed by atoms with Crippen LogP contribution in [-0.2, 0) is 0 Å². The number of aromatic nitrogens is 2. The summed E-state index contributed by atoms with van der Waals surface area (Å²) < 4.78 is 5.54. The van der Waals surface area contributed by atoms with Crippen LogP contribution < -0.4 is 4.90 Å². The largest absolute Gasteiger partial charge is 0.461 e. The molecule has 100 valence electrons. The summed E-state index contributed by atoms with van der Waals surface area (Å²) in [4.78, 5) is 10.8. The second-order valence-electron chi connectivity index (χ2n) is 4.92. The first kappa shape index (κ1) is 12.2. The number of aryl methyl sites for hydroxylation is 1. The number of furan rings is 1. The van der Waals surface area contributed by atoms with E-state index in [0.717, 1.165) is 36.5 Å². The maximum atomic E-state index is 9.66. The Morgan fingerprint density at radius 1 is 1.32 bits per heavy atom. The first-order valence-electron chi connectivity index (χ1n) is 6.54. The molecule has 3 heterocycles. The van der Waals surface area contributed by atoms with Gasteiger partial charge in [0, 0.05) is 25.5 Å². The van der Waals surface area contributed by atoms with Crippen molar-refractivity contribution in [3.63, 3.8) is 0 Å². The van der Waals surface area contributed by atoms with Crippen molar-refractivity contribution in [2.24, 2.45) is 0 Å². The Morgan fingerprint density at radius 2 is 2.11 bits per heavy atom. The van der Waals surface area contributed by atoms with Gasteiger partial charge in [-0.25, -0.2) is 9.97 Å². The Bertz CT molecular complexity index is 550. The van der Waals surface area contributed by atoms with E-state index in [1.54, 1.807) is 12.4 Å². The van der Waals surface area contributed by atoms with Crippen LogP contribution in [0.5, 0.6) is 0 Å². The molecule has 0 radical (unpaired) electrons. The minimum atomic E-state index is -0.273. The first-order valence-corrected chi connectivity index (χ1v) is 6.54. The van der Waals surface area contributed by atoms with Crippen molar-refractivity contribution in [1.82, 2.24) is 9.97 Å². The van der Waals surface area contributed by atoms with Crippen molar-refractivity contribution in [1.29, 1.82) is 0 Å². The van der Waals surface area contributed by atoms with Crippen LogP contribution in [0.3, 0.4) is 0 Å². The van der Waals surface area contributed by atoms with Crippen LogP contribution in [0.25, 0.3) is 11.3 Å². The summed E-state index contributed by atoms with van der Waals surface area (Å²) in [5.74, 6) is 2.33. The molecule has 1 aliphatic rings. The second kappa shape index (κ2) is 5.01. The number of hydrogen-bond acceptors (Lipinski definition) is 5. The molecule has 19 heavy (non-hydrogen) atoms. The van der Waals surface area contributed by atoms with Gasteiger partial charge in [-0.05, 0) is 31.9 Å². The topological polar surface area (TPSA) is 62.4 Å². The zero-order valence-corrected chi connectivity index (χ0v) is 10.9. The lowest BCUT2D eigenvalue weighted by Gasteiger charge is -2.29. The molecule has 0 aliphatic carbocycles. The van der Waals surface area contributed by atoms with E-state index >= 15 is 0 Å². The Morgan fingerprint density at radius 3 is 2.74 bits per heavy atom. The zero-order chi connectivity index (χ0) is 13.2. The third-order valence-corrected chi connectivity index (χ3v) is 3.34. The van der Waals surface area contributed by atoms with Gasteiger partial charge < -0.3 is 14.4 Å². The minimum Gasteiger partial charge on any atom is -0.461 e. The minimum absolute atomic E-state index is 0.273. The molecule has 3 rings (SSSR count). The predicted molar refractivity (Wildman–Crippen MR) is 71.9 cm³/mol. The fourth-order valence-electron chi connectivity index (χ4n) is 2.34. The van der Waals surface area contributed by atoms with E-state index in [9.17, 15) is 5.11 Å². The maximum absolute atomic E-state index is 9.66. The van der Waals surface area contributed by atoms with Gasteiger partial charge in [0.25, 0.3) is 0 Å². The Labute approximate surface area is 111 Å². The molecule has 1 N–H and O–H groups in total. The number of hydrogen-bond donors (Lipinski definition) is 1. The van der Waals surface area contributed by atoms with Gasteiger partial charge in [0.15, 0.2) is 0 Å². The summed E-state index contributed by atoms with van der Waals surface area (Å²) in [7, 11) is 0. The van der Waals surface area contributed by atoms with E-state index in [-0.39, 0.29) is 6.10 Å². The summed E-state index contributed by atoms with van der Waals surface area (Å²) in [6.45, 7) is 3.42. The third kappa shape index (κ3) is 2.61. The lowest BCUT2D eigenvalue weighted by molar-refractivity contribution is 0.153. The number of aliphatic hydroxyl groups excluding tert-OH is 1. The molecule has 2 aromatic heterocycles. The van der Waals surface area contributed by atoms with E-state index < -0.39 is 0 Å². The average Bonchev–Trinajstić information content (AvgIpc) is 2.86. The van der Waals surface area contributed by atoms with Crippen LogP contribution in [0.2, 0.25) is 0 Å². The van der Waals surface area contributed by atoms with Gasteiger partial charge in [0.1, 0.15) is 11.5 Å². The normalized spacial score (nSPS) is 19.7. The fraction of sp³-hybridized carbons (Fsp3) is 0.429. The summed E-state index contributed by atoms with van der Waals surface area (Å²) in [6, 6.07) is 3.84. The third-order valence-electron chi connectivity index (χ3n) is 3.34. The average molecular weight is 259 g/mol. The van der Waals surface area contributed by atoms with Crippen LogP contribution in [0, 0.1) is 6.92 Å². The van der Waals surface area contributed by atoms with Gasteiger partial charge in [0.05, 0.1) is 11.7 Å². The van der Waals surface area contributed by atoms with Gasteiger partial charge >= 0.3 is 0 Å². The second-order valence-corrected chi connectivity index (χ2v) is 4.92. The van der Waals surface area contributed by atoms with E-state index in [4.69, 9.17) is 4.42 Å². The molecule has 0 bridgehead atoms. The van der Waals surface area contributed by atoms with Crippen molar-refractivity contribution in [3.05, 3.63) is 30.3 Å². The number of rotatable bonds is 2. The van der Waals surface area contributed by atoms with Crippen LogP contribution >= 0.6 is 0 Å². The maximum Gasteiger partial charge on any atom is 0.225 e. The van der Waals surface area contributed by atoms with Crippen LogP contribution in [0.4, 0.5) is 5.95 Å². The van der Waals surface area contributed by atoms with Gasteiger partial charge in [-0.3, -0.25) is 0 Å². The summed E-state index contributed by atoms with van der Waals surface area (Å²) in [5.41, 5.74) is 0.870. The summed E-state index contributed by atoms with van der Waals surface area (Å²) in [6.07, 6.45) is 5.09. The number of piperidine rings is 1. The molecule has 0 spiro atoms. The van der Waals surface area contributed by atoms with Gasteiger partial charge in [-0.2, -0.15) is 0 Å². The number of β-amino-alcohol motifs (C(OH)–C–C–N with tert-alkyl or cyclic N) is 1. The van der Waals surface area contributed by atoms with Crippen molar-refractivity contribution in [3.8, 4) is 11.3 Å². The molecule has 0 aromatic carbocycles. The highest BCUT2D eigenvalue weighted by Gasteiger charge is 2.19. The quantitative estimate of drug-likeness (QED) is 0.893. The lowest BCUT2D eigenvalue weighted by Crippen LogP contribution is -2.39. The number of anilines is 1. The summed E-state index contributed by atoms with van der Waals surface area (Å²) in [5, 5.41) is 9.66. The molecular formula is C14H17N3O2. The highest BCUT2D eigenvalue weighted by molar-refractivity contribution is 5.56. The van der Waals surface area contributed by atoms with Crippen molar-refractivity contribution < 1.29 is 9.52 Å². The SMILES string of the molecule is Cc1ccc(-c2cnc(N3CCCC(O)C3)nc2)o1. The van der Waals surface area contributed by atoms with Crippen molar-refractivity contribution in [2.75, 3.05) is 18.0 Å². The zero-order valence-electron chi connectivity index (χ0n) is 10.9. The Balaban J connectivity index is 1.78. The van der Waals surface area contributed by atoms with Crippen LogP contribution in [0.15, 0.2) is 28.9 Å². The van der Waals surface area contributed by atoms with Crippen LogP contribution in [-0.4, -0.2) is 34.3 Å². The molecule has 2 aromatic rings. The highest BCUT2D eigenvalue weighted by atomic mass is 16.3.